The molecule has 3 rings (SSSR count). The lowest BCUT2D eigenvalue weighted by molar-refractivity contribution is -0.383. The molecule has 7 nitrogen and oxygen atoms in total. The number of aromatic nitrogens is 3. The van der Waals surface area contributed by atoms with Gasteiger partial charge in [0.2, 0.25) is 0 Å². The van der Waals surface area contributed by atoms with Gasteiger partial charge in [-0.05, 0) is 18.2 Å². The van der Waals surface area contributed by atoms with Crippen LogP contribution in [0.15, 0.2) is 42.9 Å². The zero-order valence-corrected chi connectivity index (χ0v) is 10.4. The van der Waals surface area contributed by atoms with E-state index in [4.69, 9.17) is 0 Å². The Morgan fingerprint density at radius 3 is 2.85 bits per heavy atom. The molecule has 0 amide bonds. The van der Waals surface area contributed by atoms with E-state index in [1.807, 2.05) is 6.07 Å². The summed E-state index contributed by atoms with van der Waals surface area (Å²) in [6.45, 7) is 0.557. The van der Waals surface area contributed by atoms with Gasteiger partial charge in [0.25, 0.3) is 5.69 Å². The van der Waals surface area contributed by atoms with Crippen LogP contribution in [0.5, 0.6) is 0 Å². The van der Waals surface area contributed by atoms with E-state index < -0.39 is 0 Å². The predicted molar refractivity (Wildman–Crippen MR) is 74.3 cm³/mol. The van der Waals surface area contributed by atoms with E-state index >= 15 is 0 Å². The summed E-state index contributed by atoms with van der Waals surface area (Å²) in [5.41, 5.74) is 1.81. The van der Waals surface area contributed by atoms with Crippen molar-refractivity contribution in [2.45, 2.75) is 6.54 Å². The highest BCUT2D eigenvalue weighted by atomic mass is 16.6. The number of nitro benzene ring substituents is 1. The number of rotatable bonds is 4. The molecule has 0 saturated heterocycles. The first-order valence-corrected chi connectivity index (χ1v) is 5.99. The molecule has 100 valence electrons. The molecule has 0 aliphatic heterocycles. The molecule has 7 heteroatoms. The maximum absolute atomic E-state index is 11.0. The van der Waals surface area contributed by atoms with Crippen molar-refractivity contribution in [2.75, 3.05) is 5.32 Å². The lowest BCUT2D eigenvalue weighted by Crippen LogP contribution is -2.01. The van der Waals surface area contributed by atoms with Gasteiger partial charge in [-0.25, -0.2) is 0 Å². The minimum atomic E-state index is -0.388. The second kappa shape index (κ2) is 4.96. The zero-order chi connectivity index (χ0) is 13.9. The van der Waals surface area contributed by atoms with Gasteiger partial charge in [0.15, 0.2) is 0 Å². The van der Waals surface area contributed by atoms with Crippen LogP contribution in [0.25, 0.3) is 10.8 Å². The van der Waals surface area contributed by atoms with Crippen LogP contribution >= 0.6 is 0 Å². The minimum absolute atomic E-state index is 0.0782. The van der Waals surface area contributed by atoms with Crippen LogP contribution in [0, 0.1) is 10.1 Å². The standard InChI is InChI=1S/C13H11N5O2/c19-18(20)13-2-1-12(11-8-14-5-4-10(11)13)15-7-9-3-6-16-17-9/h1-6,8,15H,7H2,(H,16,17). The third-order valence-electron chi connectivity index (χ3n) is 3.02. The Kier molecular flexibility index (Phi) is 3.00. The molecule has 0 aliphatic carbocycles. The SMILES string of the molecule is O=[N+]([O-])c1ccc(NCc2ccn[nH]2)c2cnccc12. The van der Waals surface area contributed by atoms with Gasteiger partial charge in [-0.3, -0.25) is 20.2 Å². The Bertz CT molecular complexity index is 755. The van der Waals surface area contributed by atoms with Gasteiger partial charge in [-0.15, -0.1) is 0 Å². The first-order valence-electron chi connectivity index (χ1n) is 5.99. The molecule has 2 heterocycles. The van der Waals surface area contributed by atoms with Crippen molar-refractivity contribution in [3.63, 3.8) is 0 Å². The molecular weight excluding hydrogens is 258 g/mol. The summed E-state index contributed by atoms with van der Waals surface area (Å²) in [6, 6.07) is 6.70. The van der Waals surface area contributed by atoms with Gasteiger partial charge in [-0.1, -0.05) is 0 Å². The maximum Gasteiger partial charge on any atom is 0.277 e. The van der Waals surface area contributed by atoms with Crippen molar-refractivity contribution in [2.24, 2.45) is 0 Å². The van der Waals surface area contributed by atoms with Crippen LogP contribution in [0.2, 0.25) is 0 Å². The molecule has 0 radical (unpaired) electrons. The van der Waals surface area contributed by atoms with Gasteiger partial charge >= 0.3 is 0 Å². The smallest absolute Gasteiger partial charge is 0.277 e. The molecule has 0 bridgehead atoms. The van der Waals surface area contributed by atoms with E-state index in [0.717, 1.165) is 16.8 Å². The quantitative estimate of drug-likeness (QED) is 0.560. The van der Waals surface area contributed by atoms with Crippen molar-refractivity contribution in [3.8, 4) is 0 Å². The molecular formula is C13H11N5O2. The molecule has 2 aromatic heterocycles. The number of hydrogen-bond donors (Lipinski definition) is 2. The Balaban J connectivity index is 1.99. The lowest BCUT2D eigenvalue weighted by atomic mass is 10.1. The topological polar surface area (TPSA) is 96.7 Å². The van der Waals surface area contributed by atoms with Crippen LogP contribution in [-0.4, -0.2) is 20.1 Å². The zero-order valence-electron chi connectivity index (χ0n) is 10.4. The first kappa shape index (κ1) is 12.1. The number of pyridine rings is 1. The predicted octanol–water partition coefficient (Wildman–Crippen LogP) is 2.48. The second-order valence-electron chi connectivity index (χ2n) is 4.25. The van der Waals surface area contributed by atoms with Crippen molar-refractivity contribution >= 4 is 22.1 Å². The van der Waals surface area contributed by atoms with Crippen LogP contribution in [0.1, 0.15) is 5.69 Å². The van der Waals surface area contributed by atoms with Gasteiger partial charge in [-0.2, -0.15) is 5.10 Å². The van der Waals surface area contributed by atoms with E-state index in [-0.39, 0.29) is 10.6 Å². The second-order valence-corrected chi connectivity index (χ2v) is 4.25. The molecule has 20 heavy (non-hydrogen) atoms. The Labute approximate surface area is 113 Å². The largest absolute Gasteiger partial charge is 0.379 e. The number of nitrogens with zero attached hydrogens (tertiary/aromatic N) is 3. The highest BCUT2D eigenvalue weighted by Crippen LogP contribution is 2.30. The summed E-state index contributed by atoms with van der Waals surface area (Å²) < 4.78 is 0. The fourth-order valence-electron chi connectivity index (χ4n) is 2.06. The average molecular weight is 269 g/mol. The van der Waals surface area contributed by atoms with E-state index in [0.29, 0.717) is 11.9 Å². The summed E-state index contributed by atoms with van der Waals surface area (Å²) in [5, 5.41) is 22.3. The number of H-pyrrole nitrogens is 1. The summed E-state index contributed by atoms with van der Waals surface area (Å²) in [4.78, 5) is 14.7. The molecule has 3 aromatic rings. The van der Waals surface area contributed by atoms with Gasteiger partial charge in [0.05, 0.1) is 22.5 Å². The van der Waals surface area contributed by atoms with E-state index in [1.165, 1.54) is 6.07 Å². The Morgan fingerprint density at radius 1 is 1.20 bits per heavy atom. The molecule has 0 atom stereocenters. The minimum Gasteiger partial charge on any atom is -0.379 e. The van der Waals surface area contributed by atoms with E-state index in [1.54, 1.807) is 30.7 Å². The third-order valence-corrected chi connectivity index (χ3v) is 3.02. The fraction of sp³-hybridized carbons (Fsp3) is 0.0769. The number of non-ortho nitro benzene ring substituents is 1. The van der Waals surface area contributed by atoms with Gasteiger partial charge in [0.1, 0.15) is 0 Å². The van der Waals surface area contributed by atoms with Crippen LogP contribution in [0.3, 0.4) is 0 Å². The number of hydrogen-bond acceptors (Lipinski definition) is 5. The Morgan fingerprint density at radius 2 is 2.10 bits per heavy atom. The van der Waals surface area contributed by atoms with Crippen molar-refractivity contribution < 1.29 is 4.92 Å². The summed E-state index contributed by atoms with van der Waals surface area (Å²) >= 11 is 0. The molecule has 0 spiro atoms. The van der Waals surface area contributed by atoms with Crippen LogP contribution in [-0.2, 0) is 6.54 Å². The summed E-state index contributed by atoms with van der Waals surface area (Å²) in [7, 11) is 0. The number of anilines is 1. The number of nitro groups is 1. The Hall–Kier alpha value is -2.96. The third kappa shape index (κ3) is 2.16. The summed E-state index contributed by atoms with van der Waals surface area (Å²) in [5.74, 6) is 0. The molecule has 0 fully saturated rings. The fourth-order valence-corrected chi connectivity index (χ4v) is 2.06. The van der Waals surface area contributed by atoms with Crippen LogP contribution in [0.4, 0.5) is 11.4 Å². The van der Waals surface area contributed by atoms with E-state index in [9.17, 15) is 10.1 Å². The monoisotopic (exact) mass is 269 g/mol. The maximum atomic E-state index is 11.0. The van der Waals surface area contributed by atoms with E-state index in [2.05, 4.69) is 20.5 Å². The number of nitrogens with one attached hydrogen (secondary N) is 2. The number of aromatic amines is 1. The average Bonchev–Trinajstić information content (AvgIpc) is 2.97. The number of benzene rings is 1. The van der Waals surface area contributed by atoms with Crippen molar-refractivity contribution in [3.05, 3.63) is 58.7 Å². The molecule has 0 unspecified atom stereocenters. The molecule has 0 saturated carbocycles. The van der Waals surface area contributed by atoms with Crippen molar-refractivity contribution in [1.82, 2.24) is 15.2 Å². The molecule has 1 aromatic carbocycles. The normalized spacial score (nSPS) is 10.6. The number of fused-ring (bicyclic) bond motifs is 1. The molecule has 2 N–H and O–H groups in total. The highest BCUT2D eigenvalue weighted by Gasteiger charge is 2.13. The highest BCUT2D eigenvalue weighted by molar-refractivity contribution is 5.99. The summed E-state index contributed by atoms with van der Waals surface area (Å²) in [6.07, 6.45) is 4.85. The van der Waals surface area contributed by atoms with Crippen LogP contribution < -0.4 is 5.32 Å². The lowest BCUT2D eigenvalue weighted by Gasteiger charge is -2.08. The van der Waals surface area contributed by atoms with Gasteiger partial charge in [0, 0.05) is 35.7 Å². The first-order chi connectivity index (χ1) is 9.75. The van der Waals surface area contributed by atoms with Crippen molar-refractivity contribution in [1.29, 1.82) is 0 Å². The van der Waals surface area contributed by atoms with Gasteiger partial charge < -0.3 is 5.32 Å². The molecule has 0 aliphatic rings.